The average Bonchev–Trinajstić information content (AvgIpc) is 2.72. The van der Waals surface area contributed by atoms with Crippen molar-refractivity contribution >= 4 is 10.8 Å². The summed E-state index contributed by atoms with van der Waals surface area (Å²) in [4.78, 5) is 0. The first-order valence-electron chi connectivity index (χ1n) is 9.59. The highest BCUT2D eigenvalue weighted by atomic mass is 14.6. The molecule has 1 heteroatoms. The van der Waals surface area contributed by atoms with Gasteiger partial charge in [-0.25, -0.2) is 0 Å². The lowest BCUT2D eigenvalue weighted by molar-refractivity contribution is 0.565. The van der Waals surface area contributed by atoms with E-state index in [9.17, 15) is 0 Å². The largest absolute Gasteiger partial charge is 0.327 e. The van der Waals surface area contributed by atoms with Gasteiger partial charge in [-0.2, -0.15) is 0 Å². The van der Waals surface area contributed by atoms with Gasteiger partial charge >= 0.3 is 0 Å². The van der Waals surface area contributed by atoms with Crippen LogP contribution in [-0.2, 0) is 6.42 Å². The molecule has 4 aromatic rings. The maximum Gasteiger partial charge on any atom is 0.00825 e. The normalized spacial score (nSPS) is 13.4. The van der Waals surface area contributed by atoms with Crippen LogP contribution in [0.25, 0.3) is 21.9 Å². The third-order valence-electron chi connectivity index (χ3n) is 5.35. The summed E-state index contributed by atoms with van der Waals surface area (Å²) < 4.78 is 0. The van der Waals surface area contributed by atoms with Crippen LogP contribution < -0.4 is 5.73 Å². The van der Waals surface area contributed by atoms with Gasteiger partial charge in [-0.3, -0.25) is 0 Å². The van der Waals surface area contributed by atoms with E-state index in [1.54, 1.807) is 0 Å². The van der Waals surface area contributed by atoms with E-state index in [-0.39, 0.29) is 6.04 Å². The van der Waals surface area contributed by atoms with E-state index in [4.69, 9.17) is 5.73 Å². The number of hydrogen-bond acceptors (Lipinski definition) is 1. The van der Waals surface area contributed by atoms with Crippen molar-refractivity contribution in [2.45, 2.75) is 25.3 Å². The molecule has 0 heterocycles. The first-order chi connectivity index (χ1) is 13.2. The van der Waals surface area contributed by atoms with Gasteiger partial charge in [-0.15, -0.1) is 0 Å². The molecule has 1 nitrogen and oxygen atoms in total. The van der Waals surface area contributed by atoms with Gasteiger partial charge in [0.15, 0.2) is 0 Å². The third kappa shape index (κ3) is 3.94. The molecule has 2 unspecified atom stereocenters. The molecule has 4 rings (SSSR count). The number of fused-ring (bicyclic) bond motifs is 1. The Labute approximate surface area is 161 Å². The second-order valence-electron chi connectivity index (χ2n) is 7.34. The molecule has 27 heavy (non-hydrogen) atoms. The Morgan fingerprint density at radius 3 is 2.00 bits per heavy atom. The van der Waals surface area contributed by atoms with Gasteiger partial charge in [-0.05, 0) is 46.4 Å². The van der Waals surface area contributed by atoms with Gasteiger partial charge < -0.3 is 5.73 Å². The summed E-state index contributed by atoms with van der Waals surface area (Å²) >= 11 is 0. The number of nitrogens with two attached hydrogens (primary N) is 1. The Hall–Kier alpha value is -2.90. The monoisotopic (exact) mass is 351 g/mol. The highest BCUT2D eigenvalue weighted by Gasteiger charge is 2.17. The van der Waals surface area contributed by atoms with E-state index < -0.39 is 0 Å². The summed E-state index contributed by atoms with van der Waals surface area (Å²) in [5.74, 6) is 0.303. The molecule has 0 saturated carbocycles. The Bertz CT molecular complexity index is 1020. The van der Waals surface area contributed by atoms with E-state index in [2.05, 4.69) is 104 Å². The summed E-state index contributed by atoms with van der Waals surface area (Å²) in [5.41, 5.74) is 11.5. The Morgan fingerprint density at radius 1 is 0.667 bits per heavy atom. The van der Waals surface area contributed by atoms with E-state index >= 15 is 0 Å². The minimum Gasteiger partial charge on any atom is -0.327 e. The maximum atomic E-state index is 6.38. The van der Waals surface area contributed by atoms with Gasteiger partial charge in [0.05, 0.1) is 0 Å². The minimum absolute atomic E-state index is 0.0972. The molecule has 2 N–H and O–H groups in total. The second kappa shape index (κ2) is 7.77. The molecule has 0 aliphatic rings. The van der Waals surface area contributed by atoms with Crippen LogP contribution in [0.15, 0.2) is 97.1 Å². The topological polar surface area (TPSA) is 26.0 Å². The molecule has 0 saturated heterocycles. The SMILES string of the molecule is CC(N)C(Cc1ccc(-c2ccccc2)cc1)c1ccc2ccccc2c1. The van der Waals surface area contributed by atoms with Crippen molar-refractivity contribution in [1.82, 2.24) is 0 Å². The van der Waals surface area contributed by atoms with E-state index in [1.165, 1.54) is 33.0 Å². The number of benzene rings is 4. The summed E-state index contributed by atoms with van der Waals surface area (Å²) in [5, 5.41) is 2.55. The van der Waals surface area contributed by atoms with Crippen LogP contribution in [0.5, 0.6) is 0 Å². The lowest BCUT2D eigenvalue weighted by atomic mass is 9.85. The molecule has 4 aromatic carbocycles. The van der Waals surface area contributed by atoms with Crippen molar-refractivity contribution in [3.05, 3.63) is 108 Å². The van der Waals surface area contributed by atoms with Crippen LogP contribution in [0.3, 0.4) is 0 Å². The van der Waals surface area contributed by atoms with Crippen molar-refractivity contribution in [3.8, 4) is 11.1 Å². The van der Waals surface area contributed by atoms with Gasteiger partial charge in [0, 0.05) is 12.0 Å². The van der Waals surface area contributed by atoms with Crippen LogP contribution in [0.1, 0.15) is 24.0 Å². The fraction of sp³-hybridized carbons (Fsp3) is 0.154. The molecule has 2 atom stereocenters. The molecule has 0 radical (unpaired) electrons. The zero-order valence-electron chi connectivity index (χ0n) is 15.7. The van der Waals surface area contributed by atoms with Gasteiger partial charge in [0.25, 0.3) is 0 Å². The van der Waals surface area contributed by atoms with Crippen LogP contribution >= 0.6 is 0 Å². The Morgan fingerprint density at radius 2 is 1.30 bits per heavy atom. The van der Waals surface area contributed by atoms with Crippen molar-refractivity contribution in [2.24, 2.45) is 5.73 Å². The zero-order chi connectivity index (χ0) is 18.6. The molecule has 0 aliphatic carbocycles. The molecular formula is C26H25N. The highest BCUT2D eigenvalue weighted by molar-refractivity contribution is 5.83. The summed E-state index contributed by atoms with van der Waals surface area (Å²) in [7, 11) is 0. The van der Waals surface area contributed by atoms with Crippen LogP contribution in [0.4, 0.5) is 0 Å². The van der Waals surface area contributed by atoms with E-state index in [0.717, 1.165) is 6.42 Å². The van der Waals surface area contributed by atoms with E-state index in [1.807, 2.05) is 0 Å². The number of hydrogen-bond donors (Lipinski definition) is 1. The molecule has 0 amide bonds. The summed E-state index contributed by atoms with van der Waals surface area (Å²) in [6, 6.07) is 34.7. The molecule has 0 spiro atoms. The van der Waals surface area contributed by atoms with Crippen molar-refractivity contribution in [3.63, 3.8) is 0 Å². The molecule has 0 aliphatic heterocycles. The lowest BCUT2D eigenvalue weighted by Gasteiger charge is -2.22. The molecular weight excluding hydrogens is 326 g/mol. The molecule has 0 fully saturated rings. The fourth-order valence-corrected chi connectivity index (χ4v) is 3.76. The standard InChI is InChI=1S/C26H25N/c1-19(27)26(25-16-15-22-9-5-6-10-24(22)18-25)17-20-11-13-23(14-12-20)21-7-3-2-4-8-21/h2-16,18-19,26H,17,27H2,1H3. The van der Waals surface area contributed by atoms with Crippen LogP contribution in [-0.4, -0.2) is 6.04 Å². The maximum absolute atomic E-state index is 6.38. The molecule has 0 bridgehead atoms. The fourth-order valence-electron chi connectivity index (χ4n) is 3.76. The van der Waals surface area contributed by atoms with Crippen molar-refractivity contribution in [2.75, 3.05) is 0 Å². The zero-order valence-corrected chi connectivity index (χ0v) is 15.7. The molecule has 134 valence electrons. The quantitative estimate of drug-likeness (QED) is 0.456. The van der Waals surface area contributed by atoms with Gasteiger partial charge in [0.1, 0.15) is 0 Å². The van der Waals surface area contributed by atoms with Crippen molar-refractivity contribution in [1.29, 1.82) is 0 Å². The number of rotatable bonds is 5. The Kier molecular flexibility index (Phi) is 5.04. The predicted octanol–water partition coefficient (Wildman–Crippen LogP) is 6.18. The average molecular weight is 351 g/mol. The van der Waals surface area contributed by atoms with Gasteiger partial charge in [0.2, 0.25) is 0 Å². The Balaban J connectivity index is 1.59. The second-order valence-corrected chi connectivity index (χ2v) is 7.34. The summed E-state index contributed by atoms with van der Waals surface area (Å²) in [6.45, 7) is 2.11. The highest BCUT2D eigenvalue weighted by Crippen LogP contribution is 2.28. The first kappa shape index (κ1) is 17.5. The van der Waals surface area contributed by atoms with Crippen molar-refractivity contribution < 1.29 is 0 Å². The summed E-state index contributed by atoms with van der Waals surface area (Å²) in [6.07, 6.45) is 0.949. The molecule has 0 aromatic heterocycles. The smallest absolute Gasteiger partial charge is 0.00825 e. The lowest BCUT2D eigenvalue weighted by Crippen LogP contribution is -2.26. The predicted molar refractivity (Wildman–Crippen MR) is 116 cm³/mol. The van der Waals surface area contributed by atoms with Crippen LogP contribution in [0.2, 0.25) is 0 Å². The third-order valence-corrected chi connectivity index (χ3v) is 5.35. The van der Waals surface area contributed by atoms with Crippen LogP contribution in [0, 0.1) is 0 Å². The van der Waals surface area contributed by atoms with E-state index in [0.29, 0.717) is 5.92 Å². The minimum atomic E-state index is 0.0972. The van der Waals surface area contributed by atoms with Gasteiger partial charge in [-0.1, -0.05) is 97.1 Å². The first-order valence-corrected chi connectivity index (χ1v) is 9.59.